The van der Waals surface area contributed by atoms with Gasteiger partial charge in [0.1, 0.15) is 5.92 Å². The van der Waals surface area contributed by atoms with Gasteiger partial charge < -0.3 is 20.1 Å². The molecule has 0 saturated heterocycles. The fourth-order valence-corrected chi connectivity index (χ4v) is 5.14. The first-order valence-electron chi connectivity index (χ1n) is 12.7. The molecule has 0 radical (unpaired) electrons. The Hall–Kier alpha value is -4.27. The van der Waals surface area contributed by atoms with Crippen molar-refractivity contribution in [2.45, 2.75) is 33.6 Å². The number of carbonyl (C=O) groups excluding carboxylic acids is 2. The summed E-state index contributed by atoms with van der Waals surface area (Å²) in [4.78, 5) is 49.6. The molecule has 2 heterocycles. The Kier molecular flexibility index (Phi) is 9.06. The number of esters is 1. The maximum absolute atomic E-state index is 12.8. The Bertz CT molecular complexity index is 1490. The molecule has 39 heavy (non-hydrogen) atoms. The number of hydrogen-bond acceptors (Lipinski definition) is 7. The molecular weight excluding hydrogens is 496 g/mol. The molecule has 1 aromatic rings. The summed E-state index contributed by atoms with van der Waals surface area (Å²) in [5.41, 5.74) is 5.63. The molecule has 1 aliphatic carbocycles. The van der Waals surface area contributed by atoms with E-state index < -0.39 is 23.6 Å². The summed E-state index contributed by atoms with van der Waals surface area (Å²) in [6.45, 7) is 13.8. The highest BCUT2D eigenvalue weighted by molar-refractivity contribution is 6.20. The van der Waals surface area contributed by atoms with E-state index >= 15 is 0 Å². The number of aromatic nitrogens is 1. The summed E-state index contributed by atoms with van der Waals surface area (Å²) in [6.07, 6.45) is 7.22. The lowest BCUT2D eigenvalue weighted by Crippen LogP contribution is -2.26. The molecule has 0 aromatic carbocycles. The van der Waals surface area contributed by atoms with Gasteiger partial charge >= 0.3 is 11.9 Å². The van der Waals surface area contributed by atoms with E-state index in [0.717, 1.165) is 33.1 Å². The van der Waals surface area contributed by atoms with E-state index in [1.807, 2.05) is 32.9 Å². The zero-order valence-electron chi connectivity index (χ0n) is 23.3. The number of nitrogens with zero attached hydrogens (tertiary/aromatic N) is 2. The van der Waals surface area contributed by atoms with Crippen LogP contribution in [0.4, 0.5) is 0 Å². The lowest BCUT2D eigenvalue weighted by atomic mass is 9.83. The molecule has 3 N–H and O–H groups in total. The van der Waals surface area contributed by atoms with Crippen molar-refractivity contribution < 1.29 is 24.2 Å². The van der Waals surface area contributed by atoms with E-state index in [0.29, 0.717) is 29.1 Å². The van der Waals surface area contributed by atoms with E-state index in [4.69, 9.17) is 9.73 Å². The molecule has 3 atom stereocenters. The summed E-state index contributed by atoms with van der Waals surface area (Å²) in [7, 11) is 4.61. The first-order chi connectivity index (χ1) is 18.5. The van der Waals surface area contributed by atoms with Gasteiger partial charge in [0, 0.05) is 71.7 Å². The number of ether oxygens (including phenoxy) is 1. The second kappa shape index (κ2) is 12.1. The van der Waals surface area contributed by atoms with Crippen LogP contribution in [0, 0.1) is 24.7 Å². The number of rotatable bonds is 9. The van der Waals surface area contributed by atoms with Crippen LogP contribution in [0.15, 0.2) is 51.8 Å². The van der Waals surface area contributed by atoms with Crippen LogP contribution >= 0.6 is 0 Å². The van der Waals surface area contributed by atoms with Crippen molar-refractivity contribution in [3.63, 3.8) is 0 Å². The summed E-state index contributed by atoms with van der Waals surface area (Å²) >= 11 is 0. The van der Waals surface area contributed by atoms with E-state index in [1.54, 1.807) is 20.2 Å². The largest absolute Gasteiger partial charge is 0.481 e. The molecule has 1 aliphatic heterocycles. The number of aliphatic carboxylic acids is 1. The minimum absolute atomic E-state index is 0.0781. The number of aliphatic imine (C=N–C) groups is 2. The molecule has 206 valence electrons. The monoisotopic (exact) mass is 532 g/mol. The van der Waals surface area contributed by atoms with Crippen molar-refractivity contribution in [3.8, 4) is 0 Å². The molecule has 9 nitrogen and oxygen atoms in total. The number of likely N-dealkylation sites (N-methyl/N-ethyl adjacent to an activating group) is 1. The molecule has 0 unspecified atom stereocenters. The number of carboxylic acids is 1. The fourth-order valence-electron chi connectivity index (χ4n) is 5.14. The predicted octanol–water partition coefficient (Wildman–Crippen LogP) is 2.48. The van der Waals surface area contributed by atoms with Crippen LogP contribution in [0.25, 0.3) is 18.2 Å². The molecular formula is C30H36N4O5. The average Bonchev–Trinajstić information content (AvgIpc) is 3.50. The van der Waals surface area contributed by atoms with Gasteiger partial charge in [0.15, 0.2) is 5.78 Å². The molecule has 0 bridgehead atoms. The second-order valence-electron chi connectivity index (χ2n) is 9.70. The van der Waals surface area contributed by atoms with E-state index in [2.05, 4.69) is 28.5 Å². The van der Waals surface area contributed by atoms with Gasteiger partial charge in [-0.25, -0.2) is 0 Å². The quantitative estimate of drug-likeness (QED) is 0.254. The van der Waals surface area contributed by atoms with Crippen molar-refractivity contribution in [1.82, 2.24) is 10.3 Å². The highest BCUT2D eigenvalue weighted by Gasteiger charge is 2.43. The topological polar surface area (TPSA) is 133 Å². The van der Waals surface area contributed by atoms with Crippen LogP contribution in [-0.4, -0.2) is 60.4 Å². The highest BCUT2D eigenvalue weighted by atomic mass is 16.5. The summed E-state index contributed by atoms with van der Waals surface area (Å²) in [5.74, 6) is -3.65. The number of carboxylic acid groups (broad SMARTS) is 1. The number of allylic oxidation sites excluding steroid dienone is 4. The summed E-state index contributed by atoms with van der Waals surface area (Å²) < 4.78 is 4.93. The number of aromatic amines is 1. The van der Waals surface area contributed by atoms with Crippen LogP contribution in [-0.2, 0) is 19.1 Å². The van der Waals surface area contributed by atoms with Gasteiger partial charge in [-0.05, 0) is 43.6 Å². The maximum Gasteiger partial charge on any atom is 0.321 e. The Morgan fingerprint density at radius 2 is 2.03 bits per heavy atom. The SMILES string of the molecule is C=Cc1c(C)/c(=C/C2=NC(=C3\C(NC)=CC(=O)[C@@H]3C(=O)OC)/[C@@H](CCC(=O)O)[C@@H]2C)[nH]/c1=C\C(=NC)C(=C)C. The number of ketones is 1. The zero-order chi connectivity index (χ0) is 29.0. The minimum atomic E-state index is -1.15. The Morgan fingerprint density at radius 3 is 2.56 bits per heavy atom. The normalized spacial score (nSPS) is 24.1. The van der Waals surface area contributed by atoms with E-state index in [9.17, 15) is 19.5 Å². The van der Waals surface area contributed by atoms with Gasteiger partial charge in [-0.15, -0.1) is 0 Å². The Labute approximate surface area is 228 Å². The Balaban J connectivity index is 2.27. The van der Waals surface area contributed by atoms with Crippen molar-refractivity contribution in [2.24, 2.45) is 27.7 Å². The van der Waals surface area contributed by atoms with Gasteiger partial charge in [-0.3, -0.25) is 24.4 Å². The van der Waals surface area contributed by atoms with Crippen LogP contribution in [0.2, 0.25) is 0 Å². The number of carbonyl (C=O) groups is 3. The summed E-state index contributed by atoms with van der Waals surface area (Å²) in [5, 5.41) is 14.1. The molecule has 0 amide bonds. The van der Waals surface area contributed by atoms with Crippen LogP contribution in [0.5, 0.6) is 0 Å². The van der Waals surface area contributed by atoms with Crippen LogP contribution < -0.4 is 16.0 Å². The minimum Gasteiger partial charge on any atom is -0.481 e. The third kappa shape index (κ3) is 5.77. The number of nitrogens with one attached hydrogen (secondary N) is 2. The van der Waals surface area contributed by atoms with Crippen molar-refractivity contribution >= 4 is 47.4 Å². The number of H-pyrrole nitrogens is 1. The van der Waals surface area contributed by atoms with Gasteiger partial charge in [0.25, 0.3) is 0 Å². The lowest BCUT2D eigenvalue weighted by Gasteiger charge is -2.21. The molecule has 9 heteroatoms. The first-order valence-corrected chi connectivity index (χ1v) is 12.7. The molecule has 3 rings (SSSR count). The zero-order valence-corrected chi connectivity index (χ0v) is 23.3. The summed E-state index contributed by atoms with van der Waals surface area (Å²) in [6, 6.07) is 0. The van der Waals surface area contributed by atoms with Gasteiger partial charge in [-0.2, -0.15) is 0 Å². The first kappa shape index (κ1) is 29.3. The number of methoxy groups -OCH3 is 1. The van der Waals surface area contributed by atoms with Crippen molar-refractivity contribution in [2.75, 3.05) is 21.2 Å². The third-order valence-electron chi connectivity index (χ3n) is 7.30. The molecule has 0 spiro atoms. The van der Waals surface area contributed by atoms with E-state index in [1.165, 1.54) is 13.2 Å². The fraction of sp³-hybridized carbons (Fsp3) is 0.367. The standard InChI is InChI=1S/C30H36N4O5/c1-9-18-16(4)21(33-23(18)12-20(31-6)15(2)3)13-22-17(5)19(10-11-26(36)37)29(34-22)27-24(32-7)14-25(35)28(27)30(38)39-8/h9,12-14,17,19,28,32-33H,1-2,10-11H2,3-8H3,(H,36,37)/b21-13-,23-12-,29-27+,31-20?/t17-,19-,28-/m0/s1. The van der Waals surface area contributed by atoms with Gasteiger partial charge in [-0.1, -0.05) is 26.2 Å². The maximum atomic E-state index is 12.8. The molecule has 0 fully saturated rings. The number of hydrogen-bond donors (Lipinski definition) is 3. The van der Waals surface area contributed by atoms with Gasteiger partial charge in [0.2, 0.25) is 0 Å². The van der Waals surface area contributed by atoms with Crippen molar-refractivity contribution in [3.05, 3.63) is 63.6 Å². The third-order valence-corrected chi connectivity index (χ3v) is 7.30. The smallest absolute Gasteiger partial charge is 0.321 e. The van der Waals surface area contributed by atoms with Gasteiger partial charge in [0.05, 0.1) is 18.5 Å². The second-order valence-corrected chi connectivity index (χ2v) is 9.70. The van der Waals surface area contributed by atoms with Crippen LogP contribution in [0.3, 0.4) is 0 Å². The molecule has 2 aliphatic rings. The van der Waals surface area contributed by atoms with Crippen LogP contribution in [0.1, 0.15) is 37.8 Å². The Morgan fingerprint density at radius 1 is 1.33 bits per heavy atom. The molecule has 0 saturated carbocycles. The lowest BCUT2D eigenvalue weighted by molar-refractivity contribution is -0.146. The predicted molar refractivity (Wildman–Crippen MR) is 154 cm³/mol. The highest BCUT2D eigenvalue weighted by Crippen LogP contribution is 2.42. The average molecular weight is 533 g/mol. The van der Waals surface area contributed by atoms with Crippen molar-refractivity contribution in [1.29, 1.82) is 0 Å². The molecule has 1 aromatic heterocycles. The van der Waals surface area contributed by atoms with E-state index in [-0.39, 0.29) is 18.3 Å².